The molecular weight excluding hydrogens is 368 g/mol. The standard InChI is InChI=1S/C12H13ClN2O4S3/c1-15(21(2,16)17)10-5-3-9(4-6-10)14-22(18,19)12-8-7-11(13)20-12/h3-8,14H,1-2H3. The van der Waals surface area contributed by atoms with Gasteiger partial charge in [0.1, 0.15) is 4.21 Å². The highest BCUT2D eigenvalue weighted by atomic mass is 35.5. The van der Waals surface area contributed by atoms with Crippen LogP contribution in [0, 0.1) is 0 Å². The molecular formula is C12H13ClN2O4S3. The minimum absolute atomic E-state index is 0.106. The first kappa shape index (κ1) is 17.1. The van der Waals surface area contributed by atoms with Crippen LogP contribution in [0.4, 0.5) is 11.4 Å². The third-order valence-corrected chi connectivity index (χ3v) is 7.10. The molecule has 1 aromatic heterocycles. The molecule has 0 spiro atoms. The lowest BCUT2D eigenvalue weighted by atomic mass is 10.3. The summed E-state index contributed by atoms with van der Waals surface area (Å²) in [6, 6.07) is 8.93. The van der Waals surface area contributed by atoms with Gasteiger partial charge in [-0.05, 0) is 36.4 Å². The second-order valence-corrected chi connectivity index (χ2v) is 10.1. The number of rotatable bonds is 5. The van der Waals surface area contributed by atoms with Crippen LogP contribution in [0.1, 0.15) is 0 Å². The van der Waals surface area contributed by atoms with E-state index in [0.29, 0.717) is 15.7 Å². The second-order valence-electron chi connectivity index (χ2n) is 4.44. The predicted molar refractivity (Wildman–Crippen MR) is 89.8 cm³/mol. The van der Waals surface area contributed by atoms with Crippen molar-refractivity contribution in [3.63, 3.8) is 0 Å². The van der Waals surface area contributed by atoms with Crippen LogP contribution >= 0.6 is 22.9 Å². The van der Waals surface area contributed by atoms with Gasteiger partial charge in [0.25, 0.3) is 10.0 Å². The molecule has 0 aliphatic heterocycles. The lowest BCUT2D eigenvalue weighted by Gasteiger charge is -2.17. The molecule has 0 aliphatic rings. The number of sulfonamides is 2. The number of thiophene rings is 1. The molecule has 0 atom stereocenters. The molecule has 1 N–H and O–H groups in total. The lowest BCUT2D eigenvalue weighted by Crippen LogP contribution is -2.24. The summed E-state index contributed by atoms with van der Waals surface area (Å²) in [6.45, 7) is 0. The van der Waals surface area contributed by atoms with Crippen LogP contribution in [0.15, 0.2) is 40.6 Å². The van der Waals surface area contributed by atoms with E-state index >= 15 is 0 Å². The van der Waals surface area contributed by atoms with Gasteiger partial charge in [0.05, 0.1) is 16.3 Å². The highest BCUT2D eigenvalue weighted by molar-refractivity contribution is 7.94. The minimum Gasteiger partial charge on any atom is -0.279 e. The smallest absolute Gasteiger partial charge is 0.271 e. The molecule has 0 unspecified atom stereocenters. The number of hydrogen-bond acceptors (Lipinski definition) is 5. The van der Waals surface area contributed by atoms with Crippen molar-refractivity contribution in [2.45, 2.75) is 4.21 Å². The fourth-order valence-electron chi connectivity index (χ4n) is 1.58. The van der Waals surface area contributed by atoms with Gasteiger partial charge in [-0.25, -0.2) is 16.8 Å². The van der Waals surface area contributed by atoms with Crippen LogP contribution in [0.2, 0.25) is 4.34 Å². The van der Waals surface area contributed by atoms with E-state index < -0.39 is 20.0 Å². The van der Waals surface area contributed by atoms with Gasteiger partial charge in [0.2, 0.25) is 10.0 Å². The summed E-state index contributed by atoms with van der Waals surface area (Å²) in [6.07, 6.45) is 1.09. The first-order chi connectivity index (χ1) is 10.1. The zero-order valence-electron chi connectivity index (χ0n) is 11.6. The second kappa shape index (κ2) is 6.07. The summed E-state index contributed by atoms with van der Waals surface area (Å²) in [5.41, 5.74) is 0.764. The highest BCUT2D eigenvalue weighted by Gasteiger charge is 2.17. The van der Waals surface area contributed by atoms with Crippen molar-refractivity contribution in [1.82, 2.24) is 0 Å². The number of nitrogens with zero attached hydrogens (tertiary/aromatic N) is 1. The van der Waals surface area contributed by atoms with Crippen LogP contribution in [0.3, 0.4) is 0 Å². The SMILES string of the molecule is CN(c1ccc(NS(=O)(=O)c2ccc(Cl)s2)cc1)S(C)(=O)=O. The number of anilines is 2. The molecule has 0 aliphatic carbocycles. The molecule has 2 aromatic rings. The molecule has 1 heterocycles. The van der Waals surface area contributed by atoms with Gasteiger partial charge in [-0.15, -0.1) is 11.3 Å². The van der Waals surface area contributed by atoms with E-state index in [1.807, 2.05) is 0 Å². The summed E-state index contributed by atoms with van der Waals surface area (Å²) in [4.78, 5) is 0. The van der Waals surface area contributed by atoms with E-state index in [9.17, 15) is 16.8 Å². The Morgan fingerprint density at radius 3 is 2.09 bits per heavy atom. The molecule has 22 heavy (non-hydrogen) atoms. The summed E-state index contributed by atoms with van der Waals surface area (Å²) < 4.78 is 51.1. The first-order valence-corrected chi connectivity index (χ1v) is 10.4. The van der Waals surface area contributed by atoms with Gasteiger partial charge in [0.15, 0.2) is 0 Å². The Morgan fingerprint density at radius 2 is 1.64 bits per heavy atom. The van der Waals surface area contributed by atoms with E-state index in [0.717, 1.165) is 21.9 Å². The number of benzene rings is 1. The van der Waals surface area contributed by atoms with Crippen molar-refractivity contribution >= 4 is 54.4 Å². The highest BCUT2D eigenvalue weighted by Crippen LogP contribution is 2.27. The van der Waals surface area contributed by atoms with E-state index in [2.05, 4.69) is 4.72 Å². The van der Waals surface area contributed by atoms with Crippen LogP contribution < -0.4 is 9.03 Å². The third kappa shape index (κ3) is 3.92. The predicted octanol–water partition coefficient (Wildman–Crippen LogP) is 2.60. The number of halogens is 1. The Bertz CT molecular complexity index is 873. The van der Waals surface area contributed by atoms with Crippen LogP contribution in [-0.2, 0) is 20.0 Å². The Hall–Kier alpha value is -1.29. The van der Waals surface area contributed by atoms with Crippen molar-refractivity contribution in [3.05, 3.63) is 40.7 Å². The average molecular weight is 381 g/mol. The van der Waals surface area contributed by atoms with E-state index in [1.165, 1.54) is 43.4 Å². The van der Waals surface area contributed by atoms with Gasteiger partial charge in [0, 0.05) is 12.7 Å². The van der Waals surface area contributed by atoms with E-state index in [4.69, 9.17) is 11.6 Å². The topological polar surface area (TPSA) is 83.6 Å². The van der Waals surface area contributed by atoms with Crippen molar-refractivity contribution < 1.29 is 16.8 Å². The van der Waals surface area contributed by atoms with Gasteiger partial charge >= 0.3 is 0 Å². The fourth-order valence-corrected chi connectivity index (χ4v) is 4.62. The third-order valence-electron chi connectivity index (χ3n) is 2.79. The molecule has 120 valence electrons. The molecule has 6 nitrogen and oxygen atoms in total. The summed E-state index contributed by atoms with van der Waals surface area (Å²) in [5, 5.41) is 0. The van der Waals surface area contributed by atoms with E-state index in [-0.39, 0.29) is 4.21 Å². The zero-order valence-corrected chi connectivity index (χ0v) is 14.9. The van der Waals surface area contributed by atoms with Crippen molar-refractivity contribution in [1.29, 1.82) is 0 Å². The Kier molecular flexibility index (Phi) is 4.71. The monoisotopic (exact) mass is 380 g/mol. The van der Waals surface area contributed by atoms with Gasteiger partial charge < -0.3 is 0 Å². The van der Waals surface area contributed by atoms with Crippen LogP contribution in [-0.4, -0.2) is 30.1 Å². The normalized spacial score (nSPS) is 12.1. The molecule has 0 fully saturated rings. The summed E-state index contributed by atoms with van der Waals surface area (Å²) >= 11 is 6.68. The maximum Gasteiger partial charge on any atom is 0.271 e. The molecule has 0 saturated carbocycles. The average Bonchev–Trinajstić information content (AvgIpc) is 2.85. The largest absolute Gasteiger partial charge is 0.279 e. The maximum absolute atomic E-state index is 12.1. The van der Waals surface area contributed by atoms with Crippen LogP contribution in [0.5, 0.6) is 0 Å². The maximum atomic E-state index is 12.1. The van der Waals surface area contributed by atoms with Gasteiger partial charge in [-0.1, -0.05) is 11.6 Å². The summed E-state index contributed by atoms with van der Waals surface area (Å²) in [5.74, 6) is 0. The van der Waals surface area contributed by atoms with Crippen molar-refractivity contribution in [3.8, 4) is 0 Å². The molecule has 2 rings (SSSR count). The van der Waals surface area contributed by atoms with Crippen LogP contribution in [0.25, 0.3) is 0 Å². The zero-order chi connectivity index (χ0) is 16.5. The Morgan fingerprint density at radius 1 is 1.05 bits per heavy atom. The molecule has 0 bridgehead atoms. The van der Waals surface area contributed by atoms with Gasteiger partial charge in [-0.3, -0.25) is 9.03 Å². The number of nitrogens with one attached hydrogen (secondary N) is 1. The molecule has 0 saturated heterocycles. The Balaban J connectivity index is 2.22. The molecule has 1 aromatic carbocycles. The lowest BCUT2D eigenvalue weighted by molar-refractivity contribution is 0.599. The Labute approximate surface area is 138 Å². The minimum atomic E-state index is -3.70. The fraction of sp³-hybridized carbons (Fsp3) is 0.167. The van der Waals surface area contributed by atoms with Crippen molar-refractivity contribution in [2.75, 3.05) is 22.3 Å². The quantitative estimate of drug-likeness (QED) is 0.864. The summed E-state index contributed by atoms with van der Waals surface area (Å²) in [7, 11) is -5.65. The van der Waals surface area contributed by atoms with E-state index in [1.54, 1.807) is 0 Å². The van der Waals surface area contributed by atoms with Gasteiger partial charge in [-0.2, -0.15) is 0 Å². The number of hydrogen-bond donors (Lipinski definition) is 1. The molecule has 0 amide bonds. The molecule has 10 heteroatoms. The van der Waals surface area contributed by atoms with Crippen molar-refractivity contribution in [2.24, 2.45) is 0 Å². The molecule has 0 radical (unpaired) electrons. The first-order valence-electron chi connectivity index (χ1n) is 5.92.